The predicted octanol–water partition coefficient (Wildman–Crippen LogP) is -1.08. The number of thioether (sulfide) groups is 1. The molecule has 0 fully saturated rings. The van der Waals surface area contributed by atoms with Crippen LogP contribution >= 0.6 is 23.1 Å². The Labute approximate surface area is 126 Å². The van der Waals surface area contributed by atoms with Gasteiger partial charge in [-0.25, -0.2) is 9.36 Å². The molecule has 0 saturated carbocycles. The number of aromatic nitrogens is 1. The average Bonchev–Trinajstić information content (AvgIpc) is 2.70. The number of nitrogens with two attached hydrogens (primary N) is 1. The second-order valence-corrected chi connectivity index (χ2v) is 5.81. The lowest BCUT2D eigenvalue weighted by atomic mass is 10.2. The molecule has 1 aromatic heterocycles. The highest BCUT2D eigenvalue weighted by molar-refractivity contribution is 7.98. The highest BCUT2D eigenvalue weighted by Crippen LogP contribution is 2.23. The van der Waals surface area contributed by atoms with Gasteiger partial charge in [-0.15, -0.1) is 0 Å². The molecule has 0 aliphatic heterocycles. The highest BCUT2D eigenvalue weighted by Gasteiger charge is 2.16. The third-order valence-electron chi connectivity index (χ3n) is 2.67. The molecule has 0 unspecified atom stereocenters. The number of esters is 1. The lowest BCUT2D eigenvalue weighted by molar-refractivity contribution is -0.648. The Balaban J connectivity index is 0.00000180. The van der Waals surface area contributed by atoms with Gasteiger partial charge < -0.3 is 17.1 Å². The lowest BCUT2D eigenvalue weighted by Crippen LogP contribution is -3.00. The number of nitrogen functional groups attached to an aromatic ring is 1. The molecule has 0 radical (unpaired) electrons. The second kappa shape index (κ2) is 6.98. The van der Waals surface area contributed by atoms with Crippen LogP contribution in [0.5, 0.6) is 0 Å². The maximum absolute atomic E-state index is 11.5. The van der Waals surface area contributed by atoms with Crippen LogP contribution in [-0.4, -0.2) is 25.1 Å². The first kappa shape index (κ1) is 16.1. The number of methoxy groups -OCH3 is 1. The number of carbonyl (C=O) groups excluding carboxylic acids is 1. The summed E-state index contributed by atoms with van der Waals surface area (Å²) in [5.41, 5.74) is 7.64. The summed E-state index contributed by atoms with van der Waals surface area (Å²) >= 11 is 3.28. The van der Waals surface area contributed by atoms with Crippen LogP contribution in [0, 0.1) is 0 Å². The molecule has 19 heavy (non-hydrogen) atoms. The van der Waals surface area contributed by atoms with E-state index in [9.17, 15) is 4.79 Å². The van der Waals surface area contributed by atoms with Crippen molar-refractivity contribution in [2.75, 3.05) is 24.9 Å². The van der Waals surface area contributed by atoms with Crippen LogP contribution in [0.25, 0.3) is 10.2 Å². The molecule has 0 amide bonds. The molecule has 0 atom stereocenters. The van der Waals surface area contributed by atoms with Gasteiger partial charge in [0.1, 0.15) is 12.1 Å². The van der Waals surface area contributed by atoms with Crippen molar-refractivity contribution in [2.45, 2.75) is 6.54 Å². The number of fused-ring (bicyclic) bond motifs is 1. The third kappa shape index (κ3) is 3.32. The zero-order valence-electron chi connectivity index (χ0n) is 10.7. The van der Waals surface area contributed by atoms with E-state index in [1.165, 1.54) is 18.4 Å². The SMILES string of the molecule is COC(=O)c1ccc2c(c1)sc(N)[n+]2CCSC.[Cl-]. The minimum absolute atomic E-state index is 0. The third-order valence-corrected chi connectivity index (χ3v) is 4.24. The Morgan fingerprint density at radius 1 is 1.53 bits per heavy atom. The number of thiazole rings is 1. The monoisotopic (exact) mass is 318 g/mol. The number of benzene rings is 1. The first-order chi connectivity index (χ1) is 8.67. The van der Waals surface area contributed by atoms with E-state index in [1.54, 1.807) is 17.8 Å². The van der Waals surface area contributed by atoms with Crippen molar-refractivity contribution in [2.24, 2.45) is 0 Å². The number of aryl methyl sites for hydroxylation is 1. The maximum atomic E-state index is 11.5. The van der Waals surface area contributed by atoms with E-state index in [4.69, 9.17) is 10.5 Å². The van der Waals surface area contributed by atoms with Crippen LogP contribution in [0.1, 0.15) is 10.4 Å². The molecule has 0 aliphatic rings. The van der Waals surface area contributed by atoms with Crippen molar-refractivity contribution in [1.82, 2.24) is 0 Å². The fraction of sp³-hybridized carbons (Fsp3) is 0.333. The van der Waals surface area contributed by atoms with Gasteiger partial charge in [0.25, 0.3) is 0 Å². The Morgan fingerprint density at radius 2 is 2.26 bits per heavy atom. The summed E-state index contributed by atoms with van der Waals surface area (Å²) in [5.74, 6) is 0.693. The number of ether oxygens (including phenoxy) is 1. The molecule has 7 heteroatoms. The predicted molar refractivity (Wildman–Crippen MR) is 76.2 cm³/mol. The van der Waals surface area contributed by atoms with E-state index in [1.807, 2.05) is 12.1 Å². The Hall–Kier alpha value is -0.980. The van der Waals surface area contributed by atoms with E-state index < -0.39 is 0 Å². The molecule has 0 bridgehead atoms. The molecule has 1 heterocycles. The smallest absolute Gasteiger partial charge is 0.337 e. The minimum Gasteiger partial charge on any atom is -1.00 e. The molecule has 4 nitrogen and oxygen atoms in total. The van der Waals surface area contributed by atoms with E-state index in [0.29, 0.717) is 5.56 Å². The number of anilines is 1. The fourth-order valence-electron chi connectivity index (χ4n) is 1.76. The van der Waals surface area contributed by atoms with Crippen molar-refractivity contribution in [3.63, 3.8) is 0 Å². The number of rotatable bonds is 4. The molecule has 104 valence electrons. The molecule has 0 spiro atoms. The minimum atomic E-state index is -0.320. The maximum Gasteiger partial charge on any atom is 0.337 e. The number of halogens is 1. The first-order valence-electron chi connectivity index (χ1n) is 5.46. The number of hydrogen-bond donors (Lipinski definition) is 1. The zero-order chi connectivity index (χ0) is 13.1. The van der Waals surface area contributed by atoms with Crippen LogP contribution < -0.4 is 22.7 Å². The van der Waals surface area contributed by atoms with Gasteiger partial charge in [-0.2, -0.15) is 11.8 Å². The van der Waals surface area contributed by atoms with E-state index >= 15 is 0 Å². The summed E-state index contributed by atoms with van der Waals surface area (Å²) in [6.07, 6.45) is 2.07. The highest BCUT2D eigenvalue weighted by atomic mass is 35.5. The normalized spacial score (nSPS) is 10.2. The molecular formula is C12H15ClN2O2S2. The average molecular weight is 319 g/mol. The number of nitrogens with zero attached hydrogens (tertiary/aromatic N) is 1. The van der Waals surface area contributed by atoms with Gasteiger partial charge in [-0.3, -0.25) is 5.73 Å². The standard InChI is InChI=1S/C12H14N2O2S2.ClH/c1-16-11(15)8-3-4-9-10(7-8)18-12(13)14(9)5-6-17-2;/h3-4,7,13H,5-6H2,1-2H3;1H. The van der Waals surface area contributed by atoms with Gasteiger partial charge in [0.2, 0.25) is 0 Å². The summed E-state index contributed by atoms with van der Waals surface area (Å²) in [6.45, 7) is 0.880. The van der Waals surface area contributed by atoms with Crippen molar-refractivity contribution in [3.05, 3.63) is 23.8 Å². The summed E-state index contributed by atoms with van der Waals surface area (Å²) in [6, 6.07) is 5.53. The lowest BCUT2D eigenvalue weighted by Gasteiger charge is -2.00. The molecule has 1 aromatic carbocycles. The molecule has 2 rings (SSSR count). The van der Waals surface area contributed by atoms with Crippen LogP contribution in [0.2, 0.25) is 0 Å². The van der Waals surface area contributed by atoms with Gasteiger partial charge in [0.15, 0.2) is 0 Å². The van der Waals surface area contributed by atoms with E-state index in [-0.39, 0.29) is 18.4 Å². The van der Waals surface area contributed by atoms with E-state index in [0.717, 1.165) is 27.6 Å². The largest absolute Gasteiger partial charge is 1.00 e. The van der Waals surface area contributed by atoms with Crippen LogP contribution in [-0.2, 0) is 11.3 Å². The van der Waals surface area contributed by atoms with Gasteiger partial charge in [0, 0.05) is 5.75 Å². The van der Waals surface area contributed by atoms with Crippen molar-refractivity contribution >= 4 is 44.4 Å². The zero-order valence-corrected chi connectivity index (χ0v) is 13.1. The van der Waals surface area contributed by atoms with Crippen molar-refractivity contribution in [3.8, 4) is 0 Å². The quantitative estimate of drug-likeness (QED) is 0.576. The Bertz CT molecular complexity index is 586. The Kier molecular flexibility index (Phi) is 5.90. The summed E-state index contributed by atoms with van der Waals surface area (Å²) in [5, 5.41) is 0.765. The van der Waals surface area contributed by atoms with Gasteiger partial charge in [-0.1, -0.05) is 0 Å². The molecule has 0 saturated heterocycles. The molecule has 0 aliphatic carbocycles. The van der Waals surface area contributed by atoms with Gasteiger partial charge in [0.05, 0.1) is 17.4 Å². The summed E-state index contributed by atoms with van der Waals surface area (Å²) < 4.78 is 7.80. The van der Waals surface area contributed by atoms with Gasteiger partial charge >= 0.3 is 11.1 Å². The van der Waals surface area contributed by atoms with Crippen molar-refractivity contribution < 1.29 is 26.5 Å². The van der Waals surface area contributed by atoms with E-state index in [2.05, 4.69) is 10.8 Å². The van der Waals surface area contributed by atoms with Crippen LogP contribution in [0.15, 0.2) is 18.2 Å². The fourth-order valence-corrected chi connectivity index (χ4v) is 3.12. The summed E-state index contributed by atoms with van der Waals surface area (Å²) in [7, 11) is 1.38. The number of carbonyl (C=O) groups is 1. The molecule has 2 N–H and O–H groups in total. The molecule has 2 aromatic rings. The first-order valence-corrected chi connectivity index (χ1v) is 7.67. The molecular weight excluding hydrogens is 304 g/mol. The van der Waals surface area contributed by atoms with Gasteiger partial charge in [-0.05, 0) is 35.8 Å². The topological polar surface area (TPSA) is 56.2 Å². The Morgan fingerprint density at radius 3 is 2.89 bits per heavy atom. The second-order valence-electron chi connectivity index (χ2n) is 3.76. The summed E-state index contributed by atoms with van der Waals surface area (Å²) in [4.78, 5) is 11.5. The van der Waals surface area contributed by atoms with Crippen LogP contribution in [0.4, 0.5) is 5.13 Å². The number of hydrogen-bond acceptors (Lipinski definition) is 5. The van der Waals surface area contributed by atoms with Crippen LogP contribution in [0.3, 0.4) is 0 Å². The van der Waals surface area contributed by atoms with Crippen molar-refractivity contribution in [1.29, 1.82) is 0 Å².